The van der Waals surface area contributed by atoms with Crippen LogP contribution in [0.2, 0.25) is 0 Å². The summed E-state index contributed by atoms with van der Waals surface area (Å²) in [5.41, 5.74) is 1.41. The molecule has 1 fully saturated rings. The number of allylic oxidation sites excluding steroid dienone is 3. The molecule has 1 aliphatic carbocycles. The van der Waals surface area contributed by atoms with E-state index < -0.39 is 0 Å². The summed E-state index contributed by atoms with van der Waals surface area (Å²) in [6, 6.07) is 9.79. The van der Waals surface area contributed by atoms with Gasteiger partial charge in [0.2, 0.25) is 0 Å². The zero-order chi connectivity index (χ0) is 12.1. The van der Waals surface area contributed by atoms with E-state index in [1.807, 2.05) is 36.4 Å². The second-order valence-electron chi connectivity index (χ2n) is 4.05. The van der Waals surface area contributed by atoms with Gasteiger partial charge in [-0.25, -0.2) is 0 Å². The molecule has 2 nitrogen and oxygen atoms in total. The van der Waals surface area contributed by atoms with Gasteiger partial charge in [0, 0.05) is 12.8 Å². The Kier molecular flexibility index (Phi) is 3.66. The normalized spacial score (nSPS) is 16.6. The highest BCUT2D eigenvalue weighted by Gasteiger charge is 2.21. The van der Waals surface area contributed by atoms with Gasteiger partial charge in [-0.1, -0.05) is 42.5 Å². The molecule has 0 aliphatic heterocycles. The molecule has 0 aromatic heterocycles. The van der Waals surface area contributed by atoms with Gasteiger partial charge in [-0.15, -0.1) is 0 Å². The van der Waals surface area contributed by atoms with Gasteiger partial charge >= 0.3 is 0 Å². The van der Waals surface area contributed by atoms with Crippen LogP contribution in [0.25, 0.3) is 6.08 Å². The van der Waals surface area contributed by atoms with Gasteiger partial charge in [-0.2, -0.15) is 0 Å². The fourth-order valence-electron chi connectivity index (χ4n) is 1.84. The fraction of sp³-hybridized carbons (Fsp3) is 0.200. The Morgan fingerprint density at radius 3 is 2.24 bits per heavy atom. The molecule has 0 N–H and O–H groups in total. The molecule has 1 aromatic carbocycles. The second-order valence-corrected chi connectivity index (χ2v) is 4.05. The SMILES string of the molecule is O=C1CCCC(=O)C1=CC=Cc1ccccc1. The quantitative estimate of drug-likeness (QED) is 0.574. The first-order valence-electron chi connectivity index (χ1n) is 5.77. The maximum absolute atomic E-state index is 11.5. The van der Waals surface area contributed by atoms with Gasteiger partial charge in [0.05, 0.1) is 5.57 Å². The highest BCUT2D eigenvalue weighted by molar-refractivity contribution is 6.21. The summed E-state index contributed by atoms with van der Waals surface area (Å²) in [6.07, 6.45) is 6.98. The van der Waals surface area contributed by atoms with E-state index >= 15 is 0 Å². The first-order valence-corrected chi connectivity index (χ1v) is 5.77. The van der Waals surface area contributed by atoms with Gasteiger partial charge in [-0.3, -0.25) is 9.59 Å². The summed E-state index contributed by atoms with van der Waals surface area (Å²) in [7, 11) is 0. The lowest BCUT2D eigenvalue weighted by atomic mass is 9.92. The van der Waals surface area contributed by atoms with Gasteiger partial charge < -0.3 is 0 Å². The molecule has 0 amide bonds. The Balaban J connectivity index is 2.12. The molecule has 2 heteroatoms. The number of Topliss-reactive ketones (excluding diaryl/α,β-unsaturated/α-hetero) is 2. The zero-order valence-electron chi connectivity index (χ0n) is 9.56. The van der Waals surface area contributed by atoms with Crippen molar-refractivity contribution in [2.45, 2.75) is 19.3 Å². The van der Waals surface area contributed by atoms with Crippen molar-refractivity contribution >= 4 is 17.6 Å². The maximum atomic E-state index is 11.5. The first-order chi connectivity index (χ1) is 8.27. The van der Waals surface area contributed by atoms with Crippen molar-refractivity contribution in [2.75, 3.05) is 0 Å². The number of carbonyl (C=O) groups excluding carboxylic acids is 2. The maximum Gasteiger partial charge on any atom is 0.166 e. The van der Waals surface area contributed by atoms with E-state index in [4.69, 9.17) is 0 Å². The molecule has 1 aliphatic rings. The Morgan fingerprint density at radius 2 is 1.59 bits per heavy atom. The van der Waals surface area contributed by atoms with Crippen LogP contribution in [0.4, 0.5) is 0 Å². The molecule has 2 rings (SSSR count). The summed E-state index contributed by atoms with van der Waals surface area (Å²) < 4.78 is 0. The first kappa shape index (κ1) is 11.5. The van der Waals surface area contributed by atoms with E-state index in [2.05, 4.69) is 0 Å². The van der Waals surface area contributed by atoms with Crippen molar-refractivity contribution in [3.05, 3.63) is 53.6 Å². The molecule has 0 unspecified atom stereocenters. The molecule has 1 saturated carbocycles. The molecular weight excluding hydrogens is 212 g/mol. The predicted octanol–water partition coefficient (Wildman–Crippen LogP) is 2.95. The van der Waals surface area contributed by atoms with E-state index in [9.17, 15) is 9.59 Å². The van der Waals surface area contributed by atoms with Gasteiger partial charge in [0.25, 0.3) is 0 Å². The van der Waals surface area contributed by atoms with Crippen molar-refractivity contribution in [3.63, 3.8) is 0 Å². The van der Waals surface area contributed by atoms with E-state index in [0.717, 1.165) is 5.56 Å². The van der Waals surface area contributed by atoms with Gasteiger partial charge in [-0.05, 0) is 18.1 Å². The Morgan fingerprint density at radius 1 is 0.941 bits per heavy atom. The van der Waals surface area contributed by atoms with Crippen LogP contribution >= 0.6 is 0 Å². The Bertz CT molecular complexity index is 463. The summed E-state index contributed by atoms with van der Waals surface area (Å²) >= 11 is 0. The smallest absolute Gasteiger partial charge is 0.166 e. The van der Waals surface area contributed by atoms with Crippen molar-refractivity contribution in [1.29, 1.82) is 0 Å². The Labute approximate surface area is 101 Å². The minimum absolute atomic E-state index is 0.0287. The average Bonchev–Trinajstić information content (AvgIpc) is 2.34. The number of rotatable bonds is 2. The molecule has 0 heterocycles. The molecule has 0 radical (unpaired) electrons. The fourth-order valence-corrected chi connectivity index (χ4v) is 1.84. The summed E-state index contributed by atoms with van der Waals surface area (Å²) in [4.78, 5) is 23.0. The third-order valence-electron chi connectivity index (χ3n) is 2.76. The van der Waals surface area contributed by atoms with Gasteiger partial charge in [0.15, 0.2) is 11.6 Å². The molecular formula is C15H14O2. The van der Waals surface area contributed by atoms with Crippen molar-refractivity contribution in [3.8, 4) is 0 Å². The number of benzene rings is 1. The van der Waals surface area contributed by atoms with Crippen LogP contribution in [0.15, 0.2) is 48.1 Å². The number of hydrogen-bond acceptors (Lipinski definition) is 2. The Hall–Kier alpha value is -1.96. The third kappa shape index (κ3) is 3.00. The van der Waals surface area contributed by atoms with Crippen LogP contribution in [0, 0.1) is 0 Å². The van der Waals surface area contributed by atoms with Crippen LogP contribution in [-0.2, 0) is 9.59 Å². The topological polar surface area (TPSA) is 34.1 Å². The van der Waals surface area contributed by atoms with E-state index in [-0.39, 0.29) is 11.6 Å². The largest absolute Gasteiger partial charge is 0.294 e. The van der Waals surface area contributed by atoms with Gasteiger partial charge in [0.1, 0.15) is 0 Å². The monoisotopic (exact) mass is 226 g/mol. The molecule has 1 aromatic rings. The van der Waals surface area contributed by atoms with Crippen molar-refractivity contribution in [1.82, 2.24) is 0 Å². The zero-order valence-corrected chi connectivity index (χ0v) is 9.56. The van der Waals surface area contributed by atoms with E-state index in [1.165, 1.54) is 0 Å². The molecule has 0 saturated heterocycles. The van der Waals surface area contributed by atoms with E-state index in [1.54, 1.807) is 12.2 Å². The van der Waals surface area contributed by atoms with Crippen LogP contribution < -0.4 is 0 Å². The summed E-state index contributed by atoms with van der Waals surface area (Å²) in [5.74, 6) is -0.0575. The predicted molar refractivity (Wildman–Crippen MR) is 67.4 cm³/mol. The van der Waals surface area contributed by atoms with Crippen LogP contribution in [0.5, 0.6) is 0 Å². The summed E-state index contributed by atoms with van der Waals surface area (Å²) in [5, 5.41) is 0. The minimum atomic E-state index is -0.0287. The molecule has 0 spiro atoms. The van der Waals surface area contributed by atoms with Crippen molar-refractivity contribution in [2.24, 2.45) is 0 Å². The van der Waals surface area contributed by atoms with E-state index in [0.29, 0.717) is 24.8 Å². The van der Waals surface area contributed by atoms with Crippen LogP contribution in [0.3, 0.4) is 0 Å². The minimum Gasteiger partial charge on any atom is -0.294 e. The molecule has 86 valence electrons. The third-order valence-corrected chi connectivity index (χ3v) is 2.76. The second kappa shape index (κ2) is 5.39. The lowest BCUT2D eigenvalue weighted by Crippen LogP contribution is -2.18. The van der Waals surface area contributed by atoms with Crippen LogP contribution in [-0.4, -0.2) is 11.6 Å². The lowest BCUT2D eigenvalue weighted by molar-refractivity contribution is -0.123. The highest BCUT2D eigenvalue weighted by atomic mass is 16.1. The average molecular weight is 226 g/mol. The lowest BCUT2D eigenvalue weighted by Gasteiger charge is -2.10. The number of carbonyl (C=O) groups is 2. The molecule has 17 heavy (non-hydrogen) atoms. The van der Waals surface area contributed by atoms with Crippen molar-refractivity contribution < 1.29 is 9.59 Å². The standard InChI is InChI=1S/C15H14O2/c16-14-10-5-11-15(17)13(14)9-4-8-12-6-2-1-3-7-12/h1-4,6-9H,5,10-11H2. The number of hydrogen-bond donors (Lipinski definition) is 0. The summed E-state index contributed by atoms with van der Waals surface area (Å²) in [6.45, 7) is 0. The highest BCUT2D eigenvalue weighted by Crippen LogP contribution is 2.16. The molecule has 0 bridgehead atoms. The van der Waals surface area contributed by atoms with Crippen LogP contribution in [0.1, 0.15) is 24.8 Å². The molecule has 0 atom stereocenters. The number of ketones is 2.